The van der Waals surface area contributed by atoms with Gasteiger partial charge in [-0.15, -0.1) is 34.4 Å². The summed E-state index contributed by atoms with van der Waals surface area (Å²) in [7, 11) is 4.02. The quantitative estimate of drug-likeness (QED) is 0.149. The molecule has 0 spiro atoms. The Morgan fingerprint density at radius 2 is 1.11 bits per heavy atom. The summed E-state index contributed by atoms with van der Waals surface area (Å²) in [4.78, 5) is 30.4. The molecule has 0 atom stereocenters. The molecule has 45 heavy (non-hydrogen) atoms. The first-order chi connectivity index (χ1) is 22.0. The van der Waals surface area contributed by atoms with E-state index in [0.29, 0.717) is 5.82 Å². The van der Waals surface area contributed by atoms with E-state index in [4.69, 9.17) is 5.73 Å². The fraction of sp³-hybridized carbons (Fsp3) is 0.0909. The van der Waals surface area contributed by atoms with Crippen LogP contribution < -0.4 is 5.73 Å². The van der Waals surface area contributed by atoms with Gasteiger partial charge in [0.25, 0.3) is 0 Å². The van der Waals surface area contributed by atoms with Crippen molar-refractivity contribution in [2.45, 2.75) is 5.03 Å². The van der Waals surface area contributed by atoms with Gasteiger partial charge in [0.05, 0.1) is 50.6 Å². The zero-order valence-electron chi connectivity index (χ0n) is 24.6. The van der Waals surface area contributed by atoms with E-state index in [1.165, 1.54) is 6.33 Å². The van der Waals surface area contributed by atoms with E-state index in [9.17, 15) is 0 Å². The fourth-order valence-corrected chi connectivity index (χ4v) is 7.94. The van der Waals surface area contributed by atoms with Gasteiger partial charge in [-0.2, -0.15) is 0 Å². The van der Waals surface area contributed by atoms with Crippen LogP contribution in [0.2, 0.25) is 0 Å². The number of fused-ring (bicyclic) bond motifs is 2. The summed E-state index contributed by atoms with van der Waals surface area (Å²) in [6.45, 7) is 0. The van der Waals surface area contributed by atoms with Gasteiger partial charge in [0.15, 0.2) is 0 Å². The minimum atomic E-state index is 0.510. The average Bonchev–Trinajstić information content (AvgIpc) is 3.86. The van der Waals surface area contributed by atoms with Crippen molar-refractivity contribution in [3.05, 3.63) is 98.1 Å². The molecule has 0 radical (unpaired) electrons. The number of hydrogen-bond donors (Lipinski definition) is 1. The van der Waals surface area contributed by atoms with Crippen molar-refractivity contribution >= 4 is 60.7 Å². The van der Waals surface area contributed by atoms with E-state index in [0.717, 1.165) is 69.1 Å². The van der Waals surface area contributed by atoms with E-state index < -0.39 is 0 Å². The molecule has 222 valence electrons. The molecule has 2 N–H and O–H groups in total. The number of imidazole rings is 2. The maximum Gasteiger partial charge on any atom is 0.135 e. The van der Waals surface area contributed by atoms with E-state index in [-0.39, 0.29) is 0 Å². The highest BCUT2D eigenvalue weighted by molar-refractivity contribution is 7.98. The highest BCUT2D eigenvalue weighted by atomic mass is 32.2. The van der Waals surface area contributed by atoms with Crippen molar-refractivity contribution in [3.63, 3.8) is 0 Å². The summed E-state index contributed by atoms with van der Waals surface area (Å²) in [5.41, 5.74) is 12.3. The topological polar surface area (TPSA) is 113 Å². The second-order valence-corrected chi connectivity index (χ2v) is 13.0. The molecule has 0 bridgehead atoms. The lowest BCUT2D eigenvalue weighted by Gasteiger charge is -2.03. The number of anilines is 1. The van der Waals surface area contributed by atoms with Crippen LogP contribution in [0.15, 0.2) is 103 Å². The predicted octanol–water partition coefficient (Wildman–Crippen LogP) is 7.82. The second-order valence-electron chi connectivity index (χ2n) is 10.1. The molecular weight excluding hydrogens is 619 g/mol. The lowest BCUT2D eigenvalue weighted by atomic mass is 10.1. The van der Waals surface area contributed by atoms with Crippen LogP contribution in [0.1, 0.15) is 0 Å². The van der Waals surface area contributed by atoms with Gasteiger partial charge >= 0.3 is 0 Å². The molecule has 0 fully saturated rings. The second kappa shape index (κ2) is 12.2. The largest absolute Gasteiger partial charge is 0.383 e. The highest BCUT2D eigenvalue weighted by Crippen LogP contribution is 2.40. The van der Waals surface area contributed by atoms with Crippen molar-refractivity contribution in [2.24, 2.45) is 14.1 Å². The third-order valence-corrected chi connectivity index (χ3v) is 10.1. The van der Waals surface area contributed by atoms with Crippen molar-refractivity contribution in [1.29, 1.82) is 0 Å². The Bertz CT molecular complexity index is 2250. The maximum atomic E-state index is 5.94. The summed E-state index contributed by atoms with van der Waals surface area (Å²) in [6.07, 6.45) is 8.87. The van der Waals surface area contributed by atoms with Crippen molar-refractivity contribution < 1.29 is 0 Å². The molecule has 9 nitrogen and oxygen atoms in total. The molecule has 0 amide bonds. The SMILES string of the molecule is CSc1ncnc2sc(-c3c(-c4ccccc4)ncn3C)cc12.Cn1cnc(-c2ccccc2)c1-c1cc2c(N)ncnc2s1. The number of aromatic nitrogens is 8. The Balaban J connectivity index is 0.000000145. The third kappa shape index (κ3) is 5.48. The number of aryl methyl sites for hydroxylation is 2. The lowest BCUT2D eigenvalue weighted by molar-refractivity contribution is 0.923. The van der Waals surface area contributed by atoms with Crippen LogP contribution in [0.25, 0.3) is 64.1 Å². The third-order valence-electron chi connectivity index (χ3n) is 7.28. The molecular formula is C33H27N9S3. The molecule has 0 saturated carbocycles. The van der Waals surface area contributed by atoms with Crippen molar-refractivity contribution in [1.82, 2.24) is 39.0 Å². The number of nitrogens with two attached hydrogens (primary N) is 1. The van der Waals surface area contributed by atoms with Crippen LogP contribution in [0.3, 0.4) is 0 Å². The minimum absolute atomic E-state index is 0.510. The molecule has 0 aliphatic rings. The van der Waals surface area contributed by atoms with Crippen LogP contribution in [0.4, 0.5) is 5.82 Å². The molecule has 0 unspecified atom stereocenters. The number of benzene rings is 2. The standard InChI is InChI=1S/C17H14N4S2.C16H13N5S/c1-21-10-20-14(11-6-4-3-5-7-11)15(21)13-8-12-16(22-2)18-9-19-17(12)23-13;1-21-9-20-13(10-5-3-2-4-6-10)14(21)12-7-11-15(17)18-8-19-16(11)22-12/h3-10H,1-2H3;2-9H,1H3,(H2,17,18,19). The fourth-order valence-electron chi connectivity index (χ4n) is 5.16. The molecule has 8 aromatic rings. The van der Waals surface area contributed by atoms with E-state index in [1.807, 2.05) is 80.0 Å². The molecule has 0 aliphatic heterocycles. The highest BCUT2D eigenvalue weighted by Gasteiger charge is 2.18. The number of hydrogen-bond acceptors (Lipinski definition) is 10. The summed E-state index contributed by atoms with van der Waals surface area (Å²) >= 11 is 4.93. The molecule has 0 saturated heterocycles. The van der Waals surface area contributed by atoms with Crippen molar-refractivity contribution in [2.75, 3.05) is 12.0 Å². The summed E-state index contributed by atoms with van der Waals surface area (Å²) in [5.74, 6) is 0.510. The van der Waals surface area contributed by atoms with Gasteiger partial charge in [-0.3, -0.25) is 0 Å². The molecule has 6 aromatic heterocycles. The Morgan fingerprint density at radius 3 is 1.62 bits per heavy atom. The summed E-state index contributed by atoms with van der Waals surface area (Å²) in [6, 6.07) is 24.7. The average molecular weight is 646 g/mol. The lowest BCUT2D eigenvalue weighted by Crippen LogP contribution is -1.90. The van der Waals surface area contributed by atoms with Gasteiger partial charge < -0.3 is 14.9 Å². The molecule has 6 heterocycles. The molecule has 0 aliphatic carbocycles. The van der Waals surface area contributed by atoms with Gasteiger partial charge in [-0.1, -0.05) is 60.7 Å². The number of nitrogen functional groups attached to an aromatic ring is 1. The first-order valence-electron chi connectivity index (χ1n) is 13.9. The number of rotatable bonds is 5. The first kappa shape index (κ1) is 28.8. The minimum Gasteiger partial charge on any atom is -0.383 e. The van der Waals surface area contributed by atoms with E-state index in [2.05, 4.69) is 64.8 Å². The van der Waals surface area contributed by atoms with Crippen LogP contribution in [0.5, 0.6) is 0 Å². The zero-order chi connectivity index (χ0) is 30.9. The van der Waals surface area contributed by atoms with Crippen molar-refractivity contribution in [3.8, 4) is 43.7 Å². The Kier molecular flexibility index (Phi) is 7.84. The Morgan fingerprint density at radius 1 is 0.622 bits per heavy atom. The Labute approximate surface area is 271 Å². The monoisotopic (exact) mass is 645 g/mol. The van der Waals surface area contributed by atoms with Gasteiger partial charge in [0.1, 0.15) is 33.2 Å². The smallest absolute Gasteiger partial charge is 0.135 e. The van der Waals surface area contributed by atoms with Gasteiger partial charge in [-0.05, 0) is 18.4 Å². The molecule has 2 aromatic carbocycles. The normalized spacial score (nSPS) is 11.2. The van der Waals surface area contributed by atoms with Gasteiger partial charge in [-0.25, -0.2) is 29.9 Å². The molecule has 8 rings (SSSR count). The Hall–Kier alpha value is -4.91. The van der Waals surface area contributed by atoms with Gasteiger partial charge in [0, 0.05) is 30.6 Å². The summed E-state index contributed by atoms with van der Waals surface area (Å²) < 4.78 is 4.09. The van der Waals surface area contributed by atoms with Crippen LogP contribution >= 0.6 is 34.4 Å². The van der Waals surface area contributed by atoms with Crippen LogP contribution in [-0.2, 0) is 14.1 Å². The zero-order valence-corrected chi connectivity index (χ0v) is 27.1. The van der Waals surface area contributed by atoms with Crippen LogP contribution in [-0.4, -0.2) is 45.3 Å². The maximum absolute atomic E-state index is 5.94. The van der Waals surface area contributed by atoms with Crippen LogP contribution in [0, 0.1) is 0 Å². The molecule has 12 heteroatoms. The summed E-state index contributed by atoms with van der Waals surface area (Å²) in [5, 5.41) is 3.02. The van der Waals surface area contributed by atoms with E-state index >= 15 is 0 Å². The van der Waals surface area contributed by atoms with Gasteiger partial charge in [0.2, 0.25) is 0 Å². The van der Waals surface area contributed by atoms with E-state index in [1.54, 1.807) is 40.8 Å². The number of thiophene rings is 2. The first-order valence-corrected chi connectivity index (χ1v) is 16.8. The number of thioether (sulfide) groups is 1. The number of nitrogens with zero attached hydrogens (tertiary/aromatic N) is 8. The predicted molar refractivity (Wildman–Crippen MR) is 186 cm³/mol.